The standard InChI is InChI=1S/C22H18F3N9O2/c1-11-12(9-28-32(11)2)19-29-30-20(36-19)21(35)33-7-5-14-17(27-10-26-14)18(33)15-8-16-13(22(23,24)25)4-3-6-34(16)31-15/h3-4,6,8-10,18H,5,7H2,1-2H3,(H,26,27)/t18-/m0/s1. The molecule has 0 fully saturated rings. The molecule has 1 N–H and O–H groups in total. The van der Waals surface area contributed by atoms with E-state index in [1.54, 1.807) is 17.9 Å². The number of carbonyl (C=O) groups excluding carboxylic acids is 1. The second-order valence-electron chi connectivity index (χ2n) is 8.42. The lowest BCUT2D eigenvalue weighted by atomic mass is 9.99. The number of H-pyrrole nitrogens is 1. The van der Waals surface area contributed by atoms with Crippen LogP contribution in [0.5, 0.6) is 0 Å². The summed E-state index contributed by atoms with van der Waals surface area (Å²) in [6.45, 7) is 2.06. The number of amides is 1. The number of hydrogen-bond acceptors (Lipinski definition) is 7. The third-order valence-corrected chi connectivity index (χ3v) is 6.37. The molecule has 0 aromatic carbocycles. The summed E-state index contributed by atoms with van der Waals surface area (Å²) in [6.07, 6.45) is 0.366. The van der Waals surface area contributed by atoms with Crippen LogP contribution in [0, 0.1) is 6.92 Å². The second kappa shape index (κ2) is 7.76. The molecule has 14 heteroatoms. The van der Waals surface area contributed by atoms with E-state index < -0.39 is 23.7 Å². The Bertz CT molecular complexity index is 1610. The van der Waals surface area contributed by atoms with Crippen LogP contribution in [-0.2, 0) is 19.6 Å². The lowest BCUT2D eigenvalue weighted by Crippen LogP contribution is -2.41. The maximum Gasteiger partial charge on any atom is 0.418 e. The number of imidazole rings is 1. The SMILES string of the molecule is Cc1c(-c2nnc(C(=O)N3CCc4[nH]cnc4[C@@H]3c3cc4c(C(F)(F)F)cccn4n3)o2)cnn1C. The highest BCUT2D eigenvalue weighted by Gasteiger charge is 2.39. The molecule has 0 aliphatic carbocycles. The molecule has 0 radical (unpaired) electrons. The molecule has 1 atom stereocenters. The Morgan fingerprint density at radius 2 is 2.11 bits per heavy atom. The van der Waals surface area contributed by atoms with E-state index in [0.29, 0.717) is 17.7 Å². The number of alkyl halides is 3. The van der Waals surface area contributed by atoms with E-state index in [1.165, 1.54) is 29.6 Å². The zero-order chi connectivity index (χ0) is 25.2. The van der Waals surface area contributed by atoms with Gasteiger partial charge in [-0.1, -0.05) is 0 Å². The van der Waals surface area contributed by atoms with Gasteiger partial charge < -0.3 is 14.3 Å². The molecular weight excluding hydrogens is 479 g/mol. The highest BCUT2D eigenvalue weighted by atomic mass is 19.4. The normalized spacial score (nSPS) is 16.0. The fraction of sp³-hybridized carbons (Fsp3) is 0.273. The van der Waals surface area contributed by atoms with Crippen LogP contribution in [-0.4, -0.2) is 56.9 Å². The predicted octanol–water partition coefficient (Wildman–Crippen LogP) is 2.96. The van der Waals surface area contributed by atoms with Crippen molar-refractivity contribution in [1.29, 1.82) is 0 Å². The number of fused-ring (bicyclic) bond motifs is 2. The fourth-order valence-corrected chi connectivity index (χ4v) is 4.45. The summed E-state index contributed by atoms with van der Waals surface area (Å²) in [7, 11) is 1.76. The first-order valence-corrected chi connectivity index (χ1v) is 10.9. The van der Waals surface area contributed by atoms with Crippen LogP contribution in [0.25, 0.3) is 17.0 Å². The first-order chi connectivity index (χ1) is 17.2. The second-order valence-corrected chi connectivity index (χ2v) is 8.42. The number of hydrogen-bond donors (Lipinski definition) is 1. The predicted molar refractivity (Wildman–Crippen MR) is 117 cm³/mol. The number of aromatic nitrogens is 8. The van der Waals surface area contributed by atoms with E-state index in [9.17, 15) is 18.0 Å². The van der Waals surface area contributed by atoms with Crippen molar-refractivity contribution in [3.63, 3.8) is 0 Å². The molecule has 184 valence electrons. The minimum Gasteiger partial charge on any atom is -0.412 e. The van der Waals surface area contributed by atoms with Gasteiger partial charge in [-0.2, -0.15) is 23.4 Å². The summed E-state index contributed by atoms with van der Waals surface area (Å²) < 4.78 is 49.3. The van der Waals surface area contributed by atoms with Crippen molar-refractivity contribution in [2.75, 3.05) is 6.54 Å². The first kappa shape index (κ1) is 22.0. The summed E-state index contributed by atoms with van der Waals surface area (Å²) >= 11 is 0. The van der Waals surface area contributed by atoms with Gasteiger partial charge in [-0.25, -0.2) is 9.50 Å². The average molecular weight is 497 g/mol. The van der Waals surface area contributed by atoms with Crippen molar-refractivity contribution < 1.29 is 22.4 Å². The van der Waals surface area contributed by atoms with Crippen molar-refractivity contribution in [2.45, 2.75) is 25.6 Å². The van der Waals surface area contributed by atoms with Gasteiger partial charge in [-0.3, -0.25) is 9.48 Å². The quantitative estimate of drug-likeness (QED) is 0.407. The molecule has 1 aliphatic heterocycles. The van der Waals surface area contributed by atoms with E-state index >= 15 is 0 Å². The van der Waals surface area contributed by atoms with Crippen LogP contribution in [0.3, 0.4) is 0 Å². The van der Waals surface area contributed by atoms with Crippen LogP contribution in [0.1, 0.15) is 45.1 Å². The zero-order valence-electron chi connectivity index (χ0n) is 19.0. The van der Waals surface area contributed by atoms with E-state index in [4.69, 9.17) is 4.42 Å². The third-order valence-electron chi connectivity index (χ3n) is 6.37. The van der Waals surface area contributed by atoms with Crippen LogP contribution < -0.4 is 0 Å². The zero-order valence-corrected chi connectivity index (χ0v) is 19.0. The van der Waals surface area contributed by atoms with Crippen LogP contribution in [0.4, 0.5) is 13.2 Å². The lowest BCUT2D eigenvalue weighted by Gasteiger charge is -2.32. The third kappa shape index (κ3) is 3.36. The van der Waals surface area contributed by atoms with Crippen molar-refractivity contribution in [2.24, 2.45) is 7.05 Å². The average Bonchev–Trinajstić information content (AvgIpc) is 3.64. The number of halogens is 3. The van der Waals surface area contributed by atoms with Gasteiger partial charge in [-0.05, 0) is 25.1 Å². The minimum atomic E-state index is -4.57. The summed E-state index contributed by atoms with van der Waals surface area (Å²) in [4.78, 5) is 22.4. The summed E-state index contributed by atoms with van der Waals surface area (Å²) in [6, 6.07) is 2.74. The number of carbonyl (C=O) groups is 1. The topological polar surface area (TPSA) is 123 Å². The Hall–Kier alpha value is -4.49. The molecule has 36 heavy (non-hydrogen) atoms. The minimum absolute atomic E-state index is 0.123. The number of pyridine rings is 1. The van der Waals surface area contributed by atoms with Crippen LogP contribution >= 0.6 is 0 Å². The van der Waals surface area contributed by atoms with Crippen molar-refractivity contribution >= 4 is 11.4 Å². The van der Waals surface area contributed by atoms with Gasteiger partial charge >= 0.3 is 18.0 Å². The Kier molecular flexibility index (Phi) is 4.74. The molecule has 5 aromatic heterocycles. The van der Waals surface area contributed by atoms with Gasteiger partial charge in [0.1, 0.15) is 6.04 Å². The van der Waals surface area contributed by atoms with Crippen molar-refractivity contribution in [3.8, 4) is 11.5 Å². The molecule has 0 saturated carbocycles. The monoisotopic (exact) mass is 497 g/mol. The fourth-order valence-electron chi connectivity index (χ4n) is 4.45. The van der Waals surface area contributed by atoms with E-state index in [2.05, 4.69) is 30.4 Å². The van der Waals surface area contributed by atoms with Gasteiger partial charge in [0.25, 0.3) is 5.89 Å². The molecule has 6 rings (SSSR count). The maximum atomic E-state index is 13.6. The lowest BCUT2D eigenvalue weighted by molar-refractivity contribution is -0.136. The van der Waals surface area contributed by atoms with Gasteiger partial charge in [0.2, 0.25) is 0 Å². The highest BCUT2D eigenvalue weighted by molar-refractivity contribution is 5.90. The summed E-state index contributed by atoms with van der Waals surface area (Å²) in [5.41, 5.74) is 1.92. The number of aromatic amines is 1. The molecule has 5 aromatic rings. The molecule has 1 aliphatic rings. The smallest absolute Gasteiger partial charge is 0.412 e. The summed E-state index contributed by atoms with van der Waals surface area (Å²) in [5, 5.41) is 16.4. The van der Waals surface area contributed by atoms with Crippen LogP contribution in [0.15, 0.2) is 41.3 Å². The van der Waals surface area contributed by atoms with Crippen molar-refractivity contribution in [1.82, 2.24) is 44.5 Å². The Morgan fingerprint density at radius 1 is 1.28 bits per heavy atom. The largest absolute Gasteiger partial charge is 0.418 e. The summed E-state index contributed by atoms with van der Waals surface area (Å²) in [5.74, 6) is -0.695. The Morgan fingerprint density at radius 3 is 2.86 bits per heavy atom. The molecule has 6 heterocycles. The number of rotatable bonds is 3. The molecule has 11 nitrogen and oxygen atoms in total. The number of nitrogens with one attached hydrogen (secondary N) is 1. The molecule has 0 unspecified atom stereocenters. The highest BCUT2D eigenvalue weighted by Crippen LogP contribution is 2.37. The van der Waals surface area contributed by atoms with Gasteiger partial charge in [0.15, 0.2) is 0 Å². The van der Waals surface area contributed by atoms with Gasteiger partial charge in [0, 0.05) is 37.6 Å². The van der Waals surface area contributed by atoms with Crippen molar-refractivity contribution in [3.05, 3.63) is 71.1 Å². The van der Waals surface area contributed by atoms with E-state index in [1.807, 2.05) is 6.92 Å². The molecular formula is C22H18F3N9O2. The maximum absolute atomic E-state index is 13.6. The van der Waals surface area contributed by atoms with Crippen LogP contribution in [0.2, 0.25) is 0 Å². The van der Waals surface area contributed by atoms with E-state index in [0.717, 1.165) is 22.0 Å². The molecule has 1 amide bonds. The molecule has 0 spiro atoms. The Labute approximate surface area is 200 Å². The first-order valence-electron chi connectivity index (χ1n) is 10.9. The number of aryl methyl sites for hydroxylation is 1. The van der Waals surface area contributed by atoms with E-state index in [-0.39, 0.29) is 29.5 Å². The number of nitrogens with zero attached hydrogens (tertiary/aromatic N) is 8. The van der Waals surface area contributed by atoms with Gasteiger partial charge in [0.05, 0.1) is 40.6 Å². The van der Waals surface area contributed by atoms with Gasteiger partial charge in [-0.15, -0.1) is 10.2 Å². The molecule has 0 saturated heterocycles. The molecule has 0 bridgehead atoms. The Balaban J connectivity index is 1.42.